The molecule has 1 rings (SSSR count). The second kappa shape index (κ2) is 6.91. The lowest BCUT2D eigenvalue weighted by Gasteiger charge is -2.23. The van der Waals surface area contributed by atoms with Gasteiger partial charge in [0.15, 0.2) is 0 Å². The predicted molar refractivity (Wildman–Crippen MR) is 101 cm³/mol. The zero-order chi connectivity index (χ0) is 17.1. The zero-order valence-electron chi connectivity index (χ0n) is 15.0. The van der Waals surface area contributed by atoms with Gasteiger partial charge in [0.1, 0.15) is 0 Å². The summed E-state index contributed by atoms with van der Waals surface area (Å²) in [7, 11) is 1.81. The van der Waals surface area contributed by atoms with Gasteiger partial charge in [-0.3, -0.25) is 4.99 Å². The topological polar surface area (TPSA) is 12.4 Å². The van der Waals surface area contributed by atoms with Gasteiger partial charge in [0.25, 0.3) is 0 Å². The maximum absolute atomic E-state index is 4.42. The molecule has 0 saturated heterocycles. The van der Waals surface area contributed by atoms with Gasteiger partial charge >= 0.3 is 0 Å². The average Bonchev–Trinajstić information content (AvgIpc) is 2.44. The fourth-order valence-electron chi connectivity index (χ4n) is 2.07. The van der Waals surface area contributed by atoms with Crippen LogP contribution in [0.1, 0.15) is 43.9 Å². The van der Waals surface area contributed by atoms with Crippen LogP contribution in [0, 0.1) is 19.3 Å². The summed E-state index contributed by atoms with van der Waals surface area (Å²) in [6.07, 6.45) is 0.739. The summed E-state index contributed by atoms with van der Waals surface area (Å²) in [6, 6.07) is 6.39. The van der Waals surface area contributed by atoms with Crippen molar-refractivity contribution >= 4 is 11.3 Å². The molecule has 0 atom stereocenters. The second-order valence-corrected chi connectivity index (χ2v) is 6.96. The van der Waals surface area contributed by atoms with Gasteiger partial charge in [0.2, 0.25) is 0 Å². The van der Waals surface area contributed by atoms with Crippen LogP contribution >= 0.6 is 0 Å². The summed E-state index contributed by atoms with van der Waals surface area (Å²) in [6.45, 7) is 23.4. The predicted octanol–water partition coefficient (Wildman–Crippen LogP) is 5.94. The van der Waals surface area contributed by atoms with E-state index in [1.54, 1.807) is 0 Å². The summed E-state index contributed by atoms with van der Waals surface area (Å²) in [5.74, 6) is 0. The van der Waals surface area contributed by atoms with Crippen molar-refractivity contribution in [3.8, 4) is 0 Å². The van der Waals surface area contributed by atoms with E-state index in [1.165, 1.54) is 11.1 Å². The van der Waals surface area contributed by atoms with Crippen molar-refractivity contribution in [1.82, 2.24) is 0 Å². The van der Waals surface area contributed by atoms with E-state index in [9.17, 15) is 0 Å². The minimum atomic E-state index is 0.0675. The van der Waals surface area contributed by atoms with Crippen LogP contribution < -0.4 is 0 Å². The van der Waals surface area contributed by atoms with Crippen molar-refractivity contribution < 1.29 is 0 Å². The van der Waals surface area contributed by atoms with E-state index in [0.717, 1.165) is 34.4 Å². The first kappa shape index (κ1) is 18.2. The summed E-state index contributed by atoms with van der Waals surface area (Å²) in [4.78, 5) is 4.42. The maximum Gasteiger partial charge on any atom is 0.0457 e. The van der Waals surface area contributed by atoms with E-state index in [0.29, 0.717) is 0 Å². The Kier molecular flexibility index (Phi) is 5.71. The molecule has 0 heterocycles. The third-order valence-electron chi connectivity index (χ3n) is 4.28. The average molecular weight is 295 g/mol. The molecule has 22 heavy (non-hydrogen) atoms. The number of benzene rings is 1. The van der Waals surface area contributed by atoms with Crippen LogP contribution in [0.3, 0.4) is 0 Å². The van der Waals surface area contributed by atoms with Crippen LogP contribution in [0.25, 0.3) is 5.57 Å². The number of aliphatic imine (C=N–C) groups is 1. The van der Waals surface area contributed by atoms with Crippen molar-refractivity contribution in [2.75, 3.05) is 7.05 Å². The molecule has 1 nitrogen and oxygen atoms in total. The molecule has 0 unspecified atom stereocenters. The molecule has 0 bridgehead atoms. The number of hydrogen-bond acceptors (Lipinski definition) is 1. The zero-order valence-corrected chi connectivity index (χ0v) is 15.0. The first-order chi connectivity index (χ1) is 10.1. The van der Waals surface area contributed by atoms with Crippen LogP contribution in [-0.4, -0.2) is 12.8 Å². The number of allylic oxidation sites excluding steroid dienone is 3. The third-order valence-corrected chi connectivity index (χ3v) is 4.28. The fraction of sp³-hybridized carbons (Fsp3) is 0.381. The molecular formula is C21H29N. The van der Waals surface area contributed by atoms with Crippen molar-refractivity contribution in [3.63, 3.8) is 0 Å². The highest BCUT2D eigenvalue weighted by molar-refractivity contribution is 6.13. The van der Waals surface area contributed by atoms with Gasteiger partial charge < -0.3 is 0 Å². The molecule has 1 aromatic carbocycles. The second-order valence-electron chi connectivity index (χ2n) is 6.96. The highest BCUT2D eigenvalue weighted by atomic mass is 14.7. The summed E-state index contributed by atoms with van der Waals surface area (Å²) in [5.41, 5.74) is 7.67. The molecule has 0 amide bonds. The molecule has 0 aliphatic carbocycles. The number of aryl methyl sites for hydroxylation is 2. The molecule has 1 heteroatoms. The Bertz CT molecular complexity index is 636. The lowest BCUT2D eigenvalue weighted by molar-refractivity contribution is 0.499. The first-order valence-corrected chi connectivity index (χ1v) is 7.68. The largest absolute Gasteiger partial charge is 0.292 e. The van der Waals surface area contributed by atoms with Crippen molar-refractivity contribution in [2.45, 2.75) is 41.0 Å². The van der Waals surface area contributed by atoms with E-state index in [1.807, 2.05) is 7.05 Å². The SMILES string of the molecule is C=C(C(=C)c1ccc(C)c(C)c1)/C(CC(=C)C(C)(C)C)=N/C. The van der Waals surface area contributed by atoms with Crippen LogP contribution in [-0.2, 0) is 0 Å². The van der Waals surface area contributed by atoms with Gasteiger partial charge in [-0.05, 0) is 47.1 Å². The van der Waals surface area contributed by atoms with Gasteiger partial charge in [-0.25, -0.2) is 0 Å². The molecule has 0 fully saturated rings. The quantitative estimate of drug-likeness (QED) is 0.362. The van der Waals surface area contributed by atoms with Gasteiger partial charge in [-0.2, -0.15) is 0 Å². The van der Waals surface area contributed by atoms with Crippen LogP contribution in [0.4, 0.5) is 0 Å². The van der Waals surface area contributed by atoms with Crippen molar-refractivity contribution in [1.29, 1.82) is 0 Å². The third kappa shape index (κ3) is 4.30. The standard InChI is InChI=1S/C21H29N/c1-14-10-11-19(12-15(14)2)17(4)18(5)20(22-9)13-16(3)21(6,7)8/h10-12H,3-5,13H2,1-2,6-9H3/b22-20+. The summed E-state index contributed by atoms with van der Waals surface area (Å²) in [5, 5.41) is 0. The molecule has 0 saturated carbocycles. The molecule has 0 aromatic heterocycles. The monoisotopic (exact) mass is 295 g/mol. The maximum atomic E-state index is 4.42. The highest BCUT2D eigenvalue weighted by Gasteiger charge is 2.19. The van der Waals surface area contributed by atoms with Gasteiger partial charge in [-0.1, -0.05) is 64.3 Å². The van der Waals surface area contributed by atoms with E-state index in [4.69, 9.17) is 0 Å². The van der Waals surface area contributed by atoms with Gasteiger partial charge in [-0.15, -0.1) is 0 Å². The number of hydrogen-bond donors (Lipinski definition) is 0. The van der Waals surface area contributed by atoms with Crippen molar-refractivity contribution in [3.05, 3.63) is 65.8 Å². The molecule has 0 radical (unpaired) electrons. The highest BCUT2D eigenvalue weighted by Crippen LogP contribution is 2.30. The number of nitrogens with zero attached hydrogens (tertiary/aromatic N) is 1. The number of rotatable bonds is 5. The molecular weight excluding hydrogens is 266 g/mol. The Hall–Kier alpha value is -1.89. The van der Waals surface area contributed by atoms with Gasteiger partial charge in [0.05, 0.1) is 0 Å². The Morgan fingerprint density at radius 2 is 1.64 bits per heavy atom. The molecule has 0 aliphatic heterocycles. The molecule has 118 valence electrons. The summed E-state index contributed by atoms with van der Waals surface area (Å²) < 4.78 is 0. The Labute approximate surface area is 136 Å². The van der Waals surface area contributed by atoms with Crippen LogP contribution in [0.2, 0.25) is 0 Å². The van der Waals surface area contributed by atoms with Crippen LogP contribution in [0.5, 0.6) is 0 Å². The van der Waals surface area contributed by atoms with E-state index < -0.39 is 0 Å². The first-order valence-electron chi connectivity index (χ1n) is 7.68. The minimum Gasteiger partial charge on any atom is -0.292 e. The molecule has 0 aliphatic rings. The Morgan fingerprint density at radius 1 is 1.05 bits per heavy atom. The van der Waals surface area contributed by atoms with E-state index in [2.05, 4.69) is 77.5 Å². The molecule has 1 aromatic rings. The Morgan fingerprint density at radius 3 is 2.09 bits per heavy atom. The minimum absolute atomic E-state index is 0.0675. The van der Waals surface area contributed by atoms with E-state index >= 15 is 0 Å². The molecule has 0 spiro atoms. The lowest BCUT2D eigenvalue weighted by Crippen LogP contribution is -2.14. The normalized spacial score (nSPS) is 12.2. The fourth-order valence-corrected chi connectivity index (χ4v) is 2.07. The summed E-state index contributed by atoms with van der Waals surface area (Å²) >= 11 is 0. The molecule has 0 N–H and O–H groups in total. The van der Waals surface area contributed by atoms with Crippen molar-refractivity contribution in [2.24, 2.45) is 10.4 Å². The Balaban J connectivity index is 2.99. The smallest absolute Gasteiger partial charge is 0.0457 e. The van der Waals surface area contributed by atoms with E-state index in [-0.39, 0.29) is 5.41 Å². The van der Waals surface area contributed by atoms with Crippen LogP contribution in [0.15, 0.2) is 54.1 Å². The van der Waals surface area contributed by atoms with Gasteiger partial charge in [0, 0.05) is 19.2 Å². The lowest BCUT2D eigenvalue weighted by atomic mass is 9.82.